The summed E-state index contributed by atoms with van der Waals surface area (Å²) in [6, 6.07) is 14.6. The summed E-state index contributed by atoms with van der Waals surface area (Å²) in [6.07, 6.45) is 0.785. The van der Waals surface area contributed by atoms with Crippen LogP contribution in [0.2, 0.25) is 0 Å². The van der Waals surface area contributed by atoms with E-state index in [9.17, 15) is 5.11 Å². The minimum absolute atomic E-state index is 0.125. The van der Waals surface area contributed by atoms with Gasteiger partial charge in [0, 0.05) is 13.0 Å². The van der Waals surface area contributed by atoms with Gasteiger partial charge in [-0.3, -0.25) is 0 Å². The molecule has 3 aromatic rings. The number of aryl methyl sites for hydroxylation is 2. The smallest absolute Gasteiger partial charge is 0.114 e. The molecule has 0 saturated carbocycles. The van der Waals surface area contributed by atoms with Gasteiger partial charge in [-0.2, -0.15) is 0 Å². The average molecular weight is 280 g/mol. The fourth-order valence-corrected chi connectivity index (χ4v) is 2.69. The maximum Gasteiger partial charge on any atom is 0.114 e. The maximum atomic E-state index is 9.36. The second-order valence-corrected chi connectivity index (χ2v) is 5.49. The van der Waals surface area contributed by atoms with E-state index in [2.05, 4.69) is 42.7 Å². The summed E-state index contributed by atoms with van der Waals surface area (Å²) < 4.78 is 2.13. The predicted molar refractivity (Wildman–Crippen MR) is 85.5 cm³/mol. The molecule has 1 aromatic heterocycles. The van der Waals surface area contributed by atoms with Crippen LogP contribution in [0.1, 0.15) is 22.5 Å². The van der Waals surface area contributed by atoms with Gasteiger partial charge in [-0.15, -0.1) is 0 Å². The number of benzene rings is 2. The Bertz CT molecular complexity index is 760. The van der Waals surface area contributed by atoms with E-state index < -0.39 is 0 Å². The Morgan fingerprint density at radius 1 is 1.05 bits per heavy atom. The molecule has 0 atom stereocenters. The zero-order valence-corrected chi connectivity index (χ0v) is 12.5. The summed E-state index contributed by atoms with van der Waals surface area (Å²) in [5.41, 5.74) is 5.87. The van der Waals surface area contributed by atoms with Crippen molar-refractivity contribution in [3.63, 3.8) is 0 Å². The van der Waals surface area contributed by atoms with Gasteiger partial charge >= 0.3 is 0 Å². The molecule has 0 radical (unpaired) electrons. The van der Waals surface area contributed by atoms with Gasteiger partial charge < -0.3 is 9.67 Å². The molecule has 3 nitrogen and oxygen atoms in total. The third-order valence-corrected chi connectivity index (χ3v) is 3.97. The van der Waals surface area contributed by atoms with Crippen molar-refractivity contribution in [2.45, 2.75) is 26.8 Å². The minimum atomic E-state index is 0.125. The molecule has 1 N–H and O–H groups in total. The van der Waals surface area contributed by atoms with Crippen molar-refractivity contribution in [1.82, 2.24) is 9.55 Å². The van der Waals surface area contributed by atoms with Crippen LogP contribution in [0, 0.1) is 13.8 Å². The Labute approximate surface area is 124 Å². The van der Waals surface area contributed by atoms with E-state index in [0.717, 1.165) is 23.3 Å². The Hall–Kier alpha value is -2.13. The van der Waals surface area contributed by atoms with Crippen LogP contribution in [0.3, 0.4) is 0 Å². The maximum absolute atomic E-state index is 9.36. The Balaban J connectivity index is 2.10. The van der Waals surface area contributed by atoms with Gasteiger partial charge in [-0.1, -0.05) is 30.3 Å². The first-order chi connectivity index (χ1) is 10.2. The SMILES string of the molecule is Cc1cc2nc(Cc3ccccc3)n(CCO)c2cc1C. The third-order valence-electron chi connectivity index (χ3n) is 3.97. The first kappa shape index (κ1) is 13.8. The molecule has 0 aliphatic carbocycles. The molecule has 0 unspecified atom stereocenters. The van der Waals surface area contributed by atoms with Crippen molar-refractivity contribution >= 4 is 11.0 Å². The van der Waals surface area contributed by atoms with E-state index >= 15 is 0 Å². The molecule has 0 bridgehead atoms. The van der Waals surface area contributed by atoms with E-state index in [0.29, 0.717) is 6.54 Å². The van der Waals surface area contributed by atoms with Crippen LogP contribution in [0.4, 0.5) is 0 Å². The van der Waals surface area contributed by atoms with Crippen LogP contribution >= 0.6 is 0 Å². The Morgan fingerprint density at radius 3 is 2.48 bits per heavy atom. The van der Waals surface area contributed by atoms with E-state index in [1.54, 1.807) is 0 Å². The number of hydrogen-bond acceptors (Lipinski definition) is 2. The molecule has 0 saturated heterocycles. The highest BCUT2D eigenvalue weighted by Crippen LogP contribution is 2.22. The van der Waals surface area contributed by atoms with Gasteiger partial charge in [0.25, 0.3) is 0 Å². The van der Waals surface area contributed by atoms with Crippen molar-refractivity contribution in [3.05, 3.63) is 65.0 Å². The van der Waals surface area contributed by atoms with Crippen LogP contribution in [-0.2, 0) is 13.0 Å². The van der Waals surface area contributed by atoms with E-state index in [-0.39, 0.29) is 6.61 Å². The number of hydrogen-bond donors (Lipinski definition) is 1. The van der Waals surface area contributed by atoms with Crippen LogP contribution in [0.5, 0.6) is 0 Å². The predicted octanol–water partition coefficient (Wildman–Crippen LogP) is 3.24. The summed E-state index contributed by atoms with van der Waals surface area (Å²) in [4.78, 5) is 4.78. The summed E-state index contributed by atoms with van der Waals surface area (Å²) >= 11 is 0. The zero-order chi connectivity index (χ0) is 14.8. The van der Waals surface area contributed by atoms with Gasteiger partial charge in [0.15, 0.2) is 0 Å². The van der Waals surface area contributed by atoms with Gasteiger partial charge in [-0.25, -0.2) is 4.98 Å². The molecular formula is C18H20N2O. The first-order valence-electron chi connectivity index (χ1n) is 7.30. The number of rotatable bonds is 4. The molecule has 0 aliphatic rings. The van der Waals surface area contributed by atoms with Crippen LogP contribution in [0.15, 0.2) is 42.5 Å². The highest BCUT2D eigenvalue weighted by molar-refractivity contribution is 5.78. The molecule has 3 rings (SSSR count). The van der Waals surface area contributed by atoms with Crippen molar-refractivity contribution in [2.24, 2.45) is 0 Å². The molecule has 3 heteroatoms. The van der Waals surface area contributed by atoms with Gasteiger partial charge in [-0.05, 0) is 42.7 Å². The molecule has 1 heterocycles. The van der Waals surface area contributed by atoms with Gasteiger partial charge in [0.1, 0.15) is 5.82 Å². The first-order valence-corrected chi connectivity index (χ1v) is 7.30. The lowest BCUT2D eigenvalue weighted by atomic mass is 10.1. The summed E-state index contributed by atoms with van der Waals surface area (Å²) in [6.45, 7) is 4.93. The Kier molecular flexibility index (Phi) is 3.76. The fourth-order valence-electron chi connectivity index (χ4n) is 2.69. The number of aromatic nitrogens is 2. The van der Waals surface area contributed by atoms with E-state index in [1.807, 2.05) is 18.2 Å². The van der Waals surface area contributed by atoms with Crippen molar-refractivity contribution in [2.75, 3.05) is 6.61 Å². The van der Waals surface area contributed by atoms with Crippen LogP contribution in [-0.4, -0.2) is 21.3 Å². The highest BCUT2D eigenvalue weighted by atomic mass is 16.3. The lowest BCUT2D eigenvalue weighted by Gasteiger charge is -2.08. The standard InChI is InChI=1S/C18H20N2O/c1-13-10-16-17(11-14(13)2)20(8-9-21)18(19-16)12-15-6-4-3-5-7-15/h3-7,10-11,21H,8-9,12H2,1-2H3. The number of imidazole rings is 1. The minimum Gasteiger partial charge on any atom is -0.395 e. The molecule has 108 valence electrons. The summed E-state index contributed by atoms with van der Waals surface area (Å²) in [5, 5.41) is 9.36. The topological polar surface area (TPSA) is 38.0 Å². The molecular weight excluding hydrogens is 260 g/mol. The highest BCUT2D eigenvalue weighted by Gasteiger charge is 2.12. The lowest BCUT2D eigenvalue weighted by Crippen LogP contribution is -2.07. The molecule has 0 amide bonds. The van der Waals surface area contributed by atoms with Crippen molar-refractivity contribution < 1.29 is 5.11 Å². The fraction of sp³-hybridized carbons (Fsp3) is 0.278. The Morgan fingerprint density at radius 2 is 1.76 bits per heavy atom. The van der Waals surface area contributed by atoms with Crippen LogP contribution < -0.4 is 0 Å². The zero-order valence-electron chi connectivity index (χ0n) is 12.5. The molecule has 21 heavy (non-hydrogen) atoms. The number of aliphatic hydroxyl groups is 1. The normalized spacial score (nSPS) is 11.2. The van der Waals surface area contributed by atoms with Crippen LogP contribution in [0.25, 0.3) is 11.0 Å². The number of aliphatic hydroxyl groups excluding tert-OH is 1. The number of fused-ring (bicyclic) bond motifs is 1. The summed E-state index contributed by atoms with van der Waals surface area (Å²) in [7, 11) is 0. The second kappa shape index (κ2) is 5.70. The van der Waals surface area contributed by atoms with Gasteiger partial charge in [0.2, 0.25) is 0 Å². The average Bonchev–Trinajstić information content (AvgIpc) is 2.79. The monoisotopic (exact) mass is 280 g/mol. The summed E-state index contributed by atoms with van der Waals surface area (Å²) in [5.74, 6) is 1.01. The molecule has 0 fully saturated rings. The second-order valence-electron chi connectivity index (χ2n) is 5.49. The molecule has 2 aromatic carbocycles. The molecule has 0 aliphatic heterocycles. The lowest BCUT2D eigenvalue weighted by molar-refractivity contribution is 0.276. The quantitative estimate of drug-likeness (QED) is 0.796. The van der Waals surface area contributed by atoms with Gasteiger partial charge in [0.05, 0.1) is 17.6 Å². The van der Waals surface area contributed by atoms with Crippen molar-refractivity contribution in [1.29, 1.82) is 0 Å². The largest absolute Gasteiger partial charge is 0.395 e. The molecule has 0 spiro atoms. The van der Waals surface area contributed by atoms with Crippen molar-refractivity contribution in [3.8, 4) is 0 Å². The van der Waals surface area contributed by atoms with E-state index in [1.165, 1.54) is 16.7 Å². The number of nitrogens with zero attached hydrogens (tertiary/aromatic N) is 2. The van der Waals surface area contributed by atoms with E-state index in [4.69, 9.17) is 4.98 Å². The third kappa shape index (κ3) is 2.69.